The number of hydrogen-bond donors (Lipinski definition) is 1. The van der Waals surface area contributed by atoms with Crippen LogP contribution in [0.2, 0.25) is 0 Å². The van der Waals surface area contributed by atoms with Gasteiger partial charge in [-0.3, -0.25) is 0 Å². The molecule has 0 radical (unpaired) electrons. The molecule has 1 N–H and O–H groups in total. The van der Waals surface area contributed by atoms with Gasteiger partial charge in [-0.1, -0.05) is 11.1 Å². The first-order valence-electron chi connectivity index (χ1n) is 4.23. The normalized spacial score (nSPS) is 9.87. The summed E-state index contributed by atoms with van der Waals surface area (Å²) >= 11 is 0. The molecule has 0 saturated carbocycles. The molecule has 4 heteroatoms. The summed E-state index contributed by atoms with van der Waals surface area (Å²) in [6.45, 7) is 0.184. The minimum atomic E-state index is 0.184. The first-order chi connectivity index (χ1) is 7.31. The van der Waals surface area contributed by atoms with Crippen LogP contribution < -0.4 is 9.47 Å². The molecule has 0 saturated heterocycles. The number of ether oxygens (including phenoxy) is 2. The molecule has 0 bridgehead atoms. The predicted molar refractivity (Wildman–Crippen MR) is 56.7 cm³/mol. The van der Waals surface area contributed by atoms with Crippen LogP contribution in [0, 0.1) is 12.3 Å². The fraction of sp³-hybridized carbons (Fsp3) is 0.182. The number of methoxy groups -OCH3 is 1. The molecule has 1 rings (SSSR count). The van der Waals surface area contributed by atoms with Crippen LogP contribution in [0.25, 0.3) is 0 Å². The standard InChI is InChI=1S/C11H11NO3/c1-3-6-15-10-5-4-9(8-12-13)7-11(10)14-2/h1,4-5,7-8,13H,6H2,2H3/b12-8+. The molecule has 0 spiro atoms. The molecule has 0 unspecified atom stereocenters. The van der Waals surface area contributed by atoms with E-state index in [2.05, 4.69) is 11.1 Å². The van der Waals surface area contributed by atoms with Crippen molar-refractivity contribution in [3.8, 4) is 23.8 Å². The van der Waals surface area contributed by atoms with Gasteiger partial charge in [0.05, 0.1) is 13.3 Å². The highest BCUT2D eigenvalue weighted by Gasteiger charge is 2.04. The van der Waals surface area contributed by atoms with Crippen LogP contribution in [-0.2, 0) is 0 Å². The third-order valence-corrected chi connectivity index (χ3v) is 1.71. The van der Waals surface area contributed by atoms with Gasteiger partial charge in [0.2, 0.25) is 0 Å². The summed E-state index contributed by atoms with van der Waals surface area (Å²) < 4.78 is 10.3. The summed E-state index contributed by atoms with van der Waals surface area (Å²) in [6, 6.07) is 5.12. The Balaban J connectivity index is 2.94. The number of hydrogen-bond acceptors (Lipinski definition) is 4. The smallest absolute Gasteiger partial charge is 0.162 e. The van der Waals surface area contributed by atoms with Crippen molar-refractivity contribution in [2.75, 3.05) is 13.7 Å². The molecule has 0 aromatic heterocycles. The van der Waals surface area contributed by atoms with Crippen molar-refractivity contribution in [1.29, 1.82) is 0 Å². The minimum Gasteiger partial charge on any atom is -0.493 e. The zero-order valence-corrected chi connectivity index (χ0v) is 8.30. The fourth-order valence-corrected chi connectivity index (χ4v) is 1.07. The van der Waals surface area contributed by atoms with Gasteiger partial charge in [-0.05, 0) is 18.2 Å². The van der Waals surface area contributed by atoms with Crippen LogP contribution in [0.15, 0.2) is 23.4 Å². The Morgan fingerprint density at radius 1 is 1.53 bits per heavy atom. The molecule has 0 aliphatic heterocycles. The molecule has 1 aromatic carbocycles. The Hall–Kier alpha value is -2.15. The van der Waals surface area contributed by atoms with Crippen molar-refractivity contribution in [2.45, 2.75) is 0 Å². The van der Waals surface area contributed by atoms with Crippen molar-refractivity contribution in [3.05, 3.63) is 23.8 Å². The van der Waals surface area contributed by atoms with E-state index in [1.807, 2.05) is 0 Å². The topological polar surface area (TPSA) is 51.0 Å². The van der Waals surface area contributed by atoms with Gasteiger partial charge >= 0.3 is 0 Å². The molecule has 0 amide bonds. The van der Waals surface area contributed by atoms with E-state index >= 15 is 0 Å². The molecule has 78 valence electrons. The van der Waals surface area contributed by atoms with Crippen molar-refractivity contribution in [1.82, 2.24) is 0 Å². The molecular formula is C11H11NO3. The lowest BCUT2D eigenvalue weighted by atomic mass is 10.2. The second-order valence-corrected chi connectivity index (χ2v) is 2.65. The number of terminal acetylenes is 1. The highest BCUT2D eigenvalue weighted by atomic mass is 16.5. The van der Waals surface area contributed by atoms with Crippen molar-refractivity contribution in [2.24, 2.45) is 5.16 Å². The Labute approximate surface area is 88.1 Å². The first-order valence-corrected chi connectivity index (χ1v) is 4.23. The summed E-state index contributed by atoms with van der Waals surface area (Å²) in [4.78, 5) is 0. The van der Waals surface area contributed by atoms with Crippen LogP contribution in [0.1, 0.15) is 5.56 Å². The van der Waals surface area contributed by atoms with Crippen molar-refractivity contribution in [3.63, 3.8) is 0 Å². The number of benzene rings is 1. The van der Waals surface area contributed by atoms with Gasteiger partial charge in [-0.15, -0.1) is 6.42 Å². The van der Waals surface area contributed by atoms with E-state index < -0.39 is 0 Å². The first kappa shape index (κ1) is 10.9. The number of rotatable bonds is 4. The summed E-state index contributed by atoms with van der Waals surface area (Å²) in [5.41, 5.74) is 0.711. The van der Waals surface area contributed by atoms with Gasteiger partial charge in [0.15, 0.2) is 11.5 Å². The average Bonchev–Trinajstić information content (AvgIpc) is 2.27. The van der Waals surface area contributed by atoms with Gasteiger partial charge in [0.1, 0.15) is 6.61 Å². The van der Waals surface area contributed by atoms with E-state index in [0.29, 0.717) is 17.1 Å². The molecule has 0 aliphatic carbocycles. The molecule has 0 atom stereocenters. The quantitative estimate of drug-likeness (QED) is 0.351. The van der Waals surface area contributed by atoms with Crippen LogP contribution >= 0.6 is 0 Å². The molecule has 0 fully saturated rings. The fourth-order valence-electron chi connectivity index (χ4n) is 1.07. The van der Waals surface area contributed by atoms with E-state index in [0.717, 1.165) is 0 Å². The van der Waals surface area contributed by atoms with Gasteiger partial charge in [-0.2, -0.15) is 0 Å². The molecular weight excluding hydrogens is 194 g/mol. The Morgan fingerprint density at radius 3 is 2.93 bits per heavy atom. The second-order valence-electron chi connectivity index (χ2n) is 2.65. The van der Waals surface area contributed by atoms with Crippen molar-refractivity contribution >= 4 is 6.21 Å². The maximum absolute atomic E-state index is 8.36. The predicted octanol–water partition coefficient (Wildman–Crippen LogP) is 1.52. The van der Waals surface area contributed by atoms with E-state index in [9.17, 15) is 0 Å². The second kappa shape index (κ2) is 5.55. The maximum atomic E-state index is 8.36. The van der Waals surface area contributed by atoms with Crippen molar-refractivity contribution < 1.29 is 14.7 Å². The Kier molecular flexibility index (Phi) is 4.05. The zero-order valence-electron chi connectivity index (χ0n) is 8.30. The Morgan fingerprint density at radius 2 is 2.33 bits per heavy atom. The minimum absolute atomic E-state index is 0.184. The van der Waals surface area contributed by atoms with Gasteiger partial charge in [0, 0.05) is 5.56 Å². The lowest BCUT2D eigenvalue weighted by Gasteiger charge is -2.08. The monoisotopic (exact) mass is 205 g/mol. The lowest BCUT2D eigenvalue weighted by molar-refractivity contribution is 0.321. The third-order valence-electron chi connectivity index (χ3n) is 1.71. The van der Waals surface area contributed by atoms with Gasteiger partial charge < -0.3 is 14.7 Å². The number of nitrogens with zero attached hydrogens (tertiary/aromatic N) is 1. The molecule has 1 aromatic rings. The summed E-state index contributed by atoms with van der Waals surface area (Å²) in [7, 11) is 1.53. The van der Waals surface area contributed by atoms with E-state index in [-0.39, 0.29) is 6.61 Å². The third kappa shape index (κ3) is 2.92. The highest BCUT2D eigenvalue weighted by molar-refractivity contribution is 5.80. The zero-order chi connectivity index (χ0) is 11.1. The molecule has 0 heterocycles. The van der Waals surface area contributed by atoms with Crippen LogP contribution in [0.3, 0.4) is 0 Å². The lowest BCUT2D eigenvalue weighted by Crippen LogP contribution is -1.97. The summed E-state index contributed by atoms with van der Waals surface area (Å²) in [6.07, 6.45) is 6.37. The van der Waals surface area contributed by atoms with E-state index in [1.54, 1.807) is 18.2 Å². The van der Waals surface area contributed by atoms with Crippen LogP contribution in [-0.4, -0.2) is 25.1 Å². The summed E-state index contributed by atoms with van der Waals surface area (Å²) in [5.74, 6) is 3.47. The largest absolute Gasteiger partial charge is 0.493 e. The SMILES string of the molecule is C#CCOc1ccc(/C=N/O)cc1OC. The van der Waals surface area contributed by atoms with Crippen LogP contribution in [0.4, 0.5) is 0 Å². The Bertz CT molecular complexity index is 393. The van der Waals surface area contributed by atoms with Crippen LogP contribution in [0.5, 0.6) is 11.5 Å². The molecule has 0 aliphatic rings. The van der Waals surface area contributed by atoms with Gasteiger partial charge in [0.25, 0.3) is 0 Å². The maximum Gasteiger partial charge on any atom is 0.162 e. The van der Waals surface area contributed by atoms with E-state index in [4.69, 9.17) is 21.1 Å². The highest BCUT2D eigenvalue weighted by Crippen LogP contribution is 2.27. The van der Waals surface area contributed by atoms with Gasteiger partial charge in [-0.25, -0.2) is 0 Å². The number of oxime groups is 1. The average molecular weight is 205 g/mol. The molecule has 15 heavy (non-hydrogen) atoms. The molecule has 4 nitrogen and oxygen atoms in total. The summed E-state index contributed by atoms with van der Waals surface area (Å²) in [5, 5.41) is 11.3. The van der Waals surface area contributed by atoms with E-state index in [1.165, 1.54) is 13.3 Å².